The summed E-state index contributed by atoms with van der Waals surface area (Å²) in [4.78, 5) is 2.41. The van der Waals surface area contributed by atoms with Crippen molar-refractivity contribution in [2.24, 2.45) is 5.73 Å². The second-order valence-electron chi connectivity index (χ2n) is 7.52. The SMILES string of the molecule is CCCCCCCC(CCCCCCC)N1CC[C@H](N)[C@@H](F)C1. The lowest BCUT2D eigenvalue weighted by molar-refractivity contribution is 0.0740. The van der Waals surface area contributed by atoms with E-state index in [1.165, 1.54) is 77.0 Å². The summed E-state index contributed by atoms with van der Waals surface area (Å²) < 4.78 is 14.0. The minimum absolute atomic E-state index is 0.235. The lowest BCUT2D eigenvalue weighted by atomic mass is 9.95. The van der Waals surface area contributed by atoms with Crippen molar-refractivity contribution in [1.29, 1.82) is 0 Å². The van der Waals surface area contributed by atoms with E-state index in [4.69, 9.17) is 5.73 Å². The van der Waals surface area contributed by atoms with Crippen LogP contribution < -0.4 is 5.73 Å². The van der Waals surface area contributed by atoms with Gasteiger partial charge >= 0.3 is 0 Å². The number of hydrogen-bond acceptors (Lipinski definition) is 2. The van der Waals surface area contributed by atoms with Crippen LogP contribution in [0.5, 0.6) is 0 Å². The first-order valence-electron chi connectivity index (χ1n) is 10.3. The molecular weight excluding hydrogens is 287 g/mol. The van der Waals surface area contributed by atoms with Gasteiger partial charge in [0.1, 0.15) is 6.17 Å². The van der Waals surface area contributed by atoms with Crippen molar-refractivity contribution >= 4 is 0 Å². The molecule has 0 bridgehead atoms. The van der Waals surface area contributed by atoms with E-state index in [0.29, 0.717) is 12.6 Å². The Balaban J connectivity index is 2.34. The number of nitrogens with two attached hydrogens (primary N) is 1. The number of hydrogen-bond donors (Lipinski definition) is 1. The van der Waals surface area contributed by atoms with Crippen LogP contribution in [0.2, 0.25) is 0 Å². The lowest BCUT2D eigenvalue weighted by Gasteiger charge is -2.38. The van der Waals surface area contributed by atoms with E-state index in [0.717, 1.165) is 13.0 Å². The standard InChI is InChI=1S/C20H41FN2/c1-3-5-7-9-11-13-18(14-12-10-8-6-4-2)23-16-15-20(22)19(21)17-23/h18-20H,3-17,22H2,1-2H3/t19-,20-/m0/s1. The monoisotopic (exact) mass is 328 g/mol. The van der Waals surface area contributed by atoms with Crippen LogP contribution >= 0.6 is 0 Å². The number of unbranched alkanes of at least 4 members (excludes halogenated alkanes) is 8. The van der Waals surface area contributed by atoms with Crippen molar-refractivity contribution in [1.82, 2.24) is 4.90 Å². The highest BCUT2D eigenvalue weighted by Crippen LogP contribution is 2.23. The summed E-state index contributed by atoms with van der Waals surface area (Å²) in [6.07, 6.45) is 15.8. The van der Waals surface area contributed by atoms with Crippen molar-refractivity contribution in [3.8, 4) is 0 Å². The van der Waals surface area contributed by atoms with E-state index in [2.05, 4.69) is 18.7 Å². The van der Waals surface area contributed by atoms with E-state index >= 15 is 0 Å². The number of nitrogens with zero attached hydrogens (tertiary/aromatic N) is 1. The number of rotatable bonds is 13. The summed E-state index contributed by atoms with van der Waals surface area (Å²) in [5.41, 5.74) is 5.85. The zero-order valence-corrected chi connectivity index (χ0v) is 15.7. The third-order valence-corrected chi connectivity index (χ3v) is 5.42. The Bertz CT molecular complexity index is 258. The Morgan fingerprint density at radius 3 is 1.91 bits per heavy atom. The second kappa shape index (κ2) is 13.2. The van der Waals surface area contributed by atoms with Crippen molar-refractivity contribution in [2.75, 3.05) is 13.1 Å². The zero-order valence-electron chi connectivity index (χ0n) is 15.7. The van der Waals surface area contributed by atoms with Crippen LogP contribution in [0.4, 0.5) is 4.39 Å². The molecule has 23 heavy (non-hydrogen) atoms. The quantitative estimate of drug-likeness (QED) is 0.456. The number of likely N-dealkylation sites (tertiary alicyclic amines) is 1. The Labute approximate surface area is 144 Å². The van der Waals surface area contributed by atoms with Crippen LogP contribution in [0.25, 0.3) is 0 Å². The maximum atomic E-state index is 14.0. The molecule has 0 spiro atoms. The summed E-state index contributed by atoms with van der Waals surface area (Å²) in [5, 5.41) is 0. The Morgan fingerprint density at radius 1 is 0.913 bits per heavy atom. The molecule has 0 unspecified atom stereocenters. The van der Waals surface area contributed by atoms with Gasteiger partial charge in [-0.05, 0) is 19.3 Å². The minimum atomic E-state index is -0.827. The molecule has 3 heteroatoms. The highest BCUT2D eigenvalue weighted by Gasteiger charge is 2.29. The van der Waals surface area contributed by atoms with Gasteiger partial charge in [-0.15, -0.1) is 0 Å². The molecule has 1 rings (SSSR count). The summed E-state index contributed by atoms with van der Waals surface area (Å²) in [7, 11) is 0. The maximum absolute atomic E-state index is 14.0. The first-order valence-corrected chi connectivity index (χ1v) is 10.3. The van der Waals surface area contributed by atoms with Gasteiger partial charge in [-0.1, -0.05) is 78.1 Å². The Hall–Kier alpha value is -0.150. The third kappa shape index (κ3) is 9.05. The predicted octanol–water partition coefficient (Wildman–Crippen LogP) is 5.45. The first kappa shape index (κ1) is 20.9. The number of alkyl halides is 1. The lowest BCUT2D eigenvalue weighted by Crippen LogP contribution is -2.51. The topological polar surface area (TPSA) is 29.3 Å². The first-order chi connectivity index (χ1) is 11.2. The molecule has 1 aliphatic heterocycles. The van der Waals surface area contributed by atoms with E-state index < -0.39 is 6.17 Å². The fraction of sp³-hybridized carbons (Fsp3) is 1.00. The van der Waals surface area contributed by atoms with Crippen molar-refractivity contribution in [3.05, 3.63) is 0 Å². The predicted molar refractivity (Wildman–Crippen MR) is 99.6 cm³/mol. The van der Waals surface area contributed by atoms with Gasteiger partial charge < -0.3 is 5.73 Å². The maximum Gasteiger partial charge on any atom is 0.128 e. The summed E-state index contributed by atoms with van der Waals surface area (Å²) in [5.74, 6) is 0. The summed E-state index contributed by atoms with van der Waals surface area (Å²) in [6.45, 7) is 6.08. The average molecular weight is 329 g/mol. The molecule has 0 aromatic heterocycles. The van der Waals surface area contributed by atoms with Crippen LogP contribution in [0.1, 0.15) is 97.3 Å². The van der Waals surface area contributed by atoms with Gasteiger partial charge in [-0.2, -0.15) is 0 Å². The van der Waals surface area contributed by atoms with Crippen LogP contribution in [0.15, 0.2) is 0 Å². The van der Waals surface area contributed by atoms with Crippen LogP contribution in [0.3, 0.4) is 0 Å². The summed E-state index contributed by atoms with van der Waals surface area (Å²) >= 11 is 0. The molecule has 0 radical (unpaired) electrons. The Kier molecular flexibility index (Phi) is 12.0. The van der Waals surface area contributed by atoms with E-state index in [1.54, 1.807) is 0 Å². The van der Waals surface area contributed by atoms with Crippen molar-refractivity contribution in [2.45, 2.75) is 116 Å². The molecule has 0 aromatic rings. The fourth-order valence-electron chi connectivity index (χ4n) is 3.75. The molecule has 2 atom stereocenters. The Morgan fingerprint density at radius 2 is 1.43 bits per heavy atom. The highest BCUT2D eigenvalue weighted by atomic mass is 19.1. The van der Waals surface area contributed by atoms with Crippen molar-refractivity contribution in [3.63, 3.8) is 0 Å². The molecule has 2 nitrogen and oxygen atoms in total. The molecule has 1 saturated heterocycles. The van der Waals surface area contributed by atoms with Gasteiger partial charge in [-0.3, -0.25) is 4.90 Å². The van der Waals surface area contributed by atoms with Crippen LogP contribution in [-0.2, 0) is 0 Å². The number of halogens is 1. The molecule has 2 N–H and O–H groups in total. The normalized spacial score (nSPS) is 22.8. The van der Waals surface area contributed by atoms with Gasteiger partial charge in [-0.25, -0.2) is 4.39 Å². The minimum Gasteiger partial charge on any atom is -0.325 e. The van der Waals surface area contributed by atoms with Gasteiger partial charge in [0.25, 0.3) is 0 Å². The molecule has 1 fully saturated rings. The zero-order chi connectivity index (χ0) is 16.9. The molecular formula is C20H41FN2. The summed E-state index contributed by atoms with van der Waals surface area (Å²) in [6, 6.07) is 0.352. The van der Waals surface area contributed by atoms with Gasteiger partial charge in [0.05, 0.1) is 0 Å². The largest absolute Gasteiger partial charge is 0.325 e. The van der Waals surface area contributed by atoms with E-state index in [-0.39, 0.29) is 6.04 Å². The molecule has 0 saturated carbocycles. The van der Waals surface area contributed by atoms with Crippen LogP contribution in [-0.4, -0.2) is 36.2 Å². The van der Waals surface area contributed by atoms with Gasteiger partial charge in [0.2, 0.25) is 0 Å². The van der Waals surface area contributed by atoms with Gasteiger partial charge in [0, 0.05) is 25.2 Å². The molecule has 1 aliphatic rings. The van der Waals surface area contributed by atoms with E-state index in [9.17, 15) is 4.39 Å². The van der Waals surface area contributed by atoms with Gasteiger partial charge in [0.15, 0.2) is 0 Å². The molecule has 0 aliphatic carbocycles. The molecule has 138 valence electrons. The third-order valence-electron chi connectivity index (χ3n) is 5.42. The molecule has 0 amide bonds. The second-order valence-corrected chi connectivity index (χ2v) is 7.52. The fourth-order valence-corrected chi connectivity index (χ4v) is 3.75. The van der Waals surface area contributed by atoms with E-state index in [1.807, 2.05) is 0 Å². The van der Waals surface area contributed by atoms with Crippen molar-refractivity contribution < 1.29 is 4.39 Å². The molecule has 1 heterocycles. The smallest absolute Gasteiger partial charge is 0.128 e. The molecule has 0 aromatic carbocycles. The highest BCUT2D eigenvalue weighted by molar-refractivity contribution is 4.86. The average Bonchev–Trinajstić information content (AvgIpc) is 2.55. The number of piperidine rings is 1. The van der Waals surface area contributed by atoms with Crippen LogP contribution in [0, 0.1) is 0 Å².